The molecule has 12 heteroatoms. The molecule has 1 saturated heterocycles. The number of fused-ring (bicyclic) bond motifs is 1. The zero-order chi connectivity index (χ0) is 22.3. The van der Waals surface area contributed by atoms with Crippen LogP contribution in [0.2, 0.25) is 5.02 Å². The maximum atomic E-state index is 14.2. The smallest absolute Gasteiger partial charge is 0.257 e. The summed E-state index contributed by atoms with van der Waals surface area (Å²) in [5.74, 6) is -5.91. The van der Waals surface area contributed by atoms with Crippen molar-refractivity contribution in [3.05, 3.63) is 52.1 Å². The van der Waals surface area contributed by atoms with Crippen LogP contribution >= 0.6 is 23.8 Å². The summed E-state index contributed by atoms with van der Waals surface area (Å²) in [5.41, 5.74) is -0.518. The van der Waals surface area contributed by atoms with E-state index in [1.807, 2.05) is 0 Å². The standard InChI is InChI=1S/C19H14ClF4N3O3S/c20-12-13(21)15(23)17(16(24)14(12)22)26-3-5-27(6-4-26)19(31)25-18(28)9-1-2-10-11(7-9)30-8-29-10/h1-2,7H,3-6,8H2,(H,25,28,31). The van der Waals surface area contributed by atoms with Gasteiger partial charge in [0.1, 0.15) is 10.7 Å². The van der Waals surface area contributed by atoms with E-state index in [0.29, 0.717) is 17.1 Å². The van der Waals surface area contributed by atoms with Crippen molar-refractivity contribution < 1.29 is 31.8 Å². The van der Waals surface area contributed by atoms with E-state index < -0.39 is 39.9 Å². The molecule has 2 aliphatic rings. The Morgan fingerprint density at radius 1 is 0.968 bits per heavy atom. The van der Waals surface area contributed by atoms with E-state index in [1.165, 1.54) is 6.07 Å². The fraction of sp³-hybridized carbons (Fsp3) is 0.263. The Balaban J connectivity index is 1.40. The maximum absolute atomic E-state index is 14.2. The van der Waals surface area contributed by atoms with Crippen molar-refractivity contribution in [1.29, 1.82) is 0 Å². The summed E-state index contributed by atoms with van der Waals surface area (Å²) < 4.78 is 66.3. The van der Waals surface area contributed by atoms with E-state index in [0.717, 1.165) is 4.90 Å². The Kier molecular flexibility index (Phi) is 5.80. The molecule has 2 heterocycles. The minimum absolute atomic E-state index is 0.00832. The van der Waals surface area contributed by atoms with Gasteiger partial charge in [0.05, 0.1) is 0 Å². The number of rotatable bonds is 2. The van der Waals surface area contributed by atoms with Gasteiger partial charge in [-0.3, -0.25) is 10.1 Å². The summed E-state index contributed by atoms with van der Waals surface area (Å²) >= 11 is 10.5. The molecule has 4 rings (SSSR count). The highest BCUT2D eigenvalue weighted by Gasteiger charge is 2.30. The summed E-state index contributed by atoms with van der Waals surface area (Å²) in [5, 5.41) is 1.45. The van der Waals surface area contributed by atoms with E-state index >= 15 is 0 Å². The molecule has 0 spiro atoms. The van der Waals surface area contributed by atoms with Crippen molar-refractivity contribution in [3.8, 4) is 11.5 Å². The molecule has 0 bridgehead atoms. The van der Waals surface area contributed by atoms with Crippen molar-refractivity contribution in [2.24, 2.45) is 0 Å². The maximum Gasteiger partial charge on any atom is 0.257 e. The van der Waals surface area contributed by atoms with Gasteiger partial charge in [0.15, 0.2) is 39.9 Å². The Morgan fingerprint density at radius 2 is 1.58 bits per heavy atom. The number of thiocarbonyl (C=S) groups is 1. The van der Waals surface area contributed by atoms with Crippen LogP contribution in [0.25, 0.3) is 0 Å². The molecule has 164 valence electrons. The number of carbonyl (C=O) groups is 1. The lowest BCUT2D eigenvalue weighted by molar-refractivity contribution is 0.0972. The molecule has 2 aromatic rings. The van der Waals surface area contributed by atoms with Crippen LogP contribution < -0.4 is 19.7 Å². The number of nitrogens with zero attached hydrogens (tertiary/aromatic N) is 2. The third kappa shape index (κ3) is 3.94. The lowest BCUT2D eigenvalue weighted by Crippen LogP contribution is -2.53. The van der Waals surface area contributed by atoms with E-state index in [-0.39, 0.29) is 38.1 Å². The van der Waals surface area contributed by atoms with Crippen LogP contribution in [0.4, 0.5) is 23.2 Å². The van der Waals surface area contributed by atoms with Crippen LogP contribution in [0.5, 0.6) is 11.5 Å². The van der Waals surface area contributed by atoms with Crippen LogP contribution in [0.1, 0.15) is 10.4 Å². The number of piperazine rings is 1. The second-order valence-electron chi connectivity index (χ2n) is 6.72. The average molecular weight is 476 g/mol. The Morgan fingerprint density at radius 3 is 2.23 bits per heavy atom. The highest BCUT2D eigenvalue weighted by atomic mass is 35.5. The second kappa shape index (κ2) is 8.39. The van der Waals surface area contributed by atoms with Gasteiger partial charge in [-0.2, -0.15) is 0 Å². The quantitative estimate of drug-likeness (QED) is 0.311. The van der Waals surface area contributed by atoms with Crippen molar-refractivity contribution >= 4 is 40.5 Å². The Bertz CT molecular complexity index is 1050. The zero-order valence-corrected chi connectivity index (χ0v) is 17.3. The first-order valence-corrected chi connectivity index (χ1v) is 9.83. The minimum Gasteiger partial charge on any atom is -0.454 e. The zero-order valence-electron chi connectivity index (χ0n) is 15.7. The van der Waals surface area contributed by atoms with Crippen LogP contribution in [0.3, 0.4) is 0 Å². The van der Waals surface area contributed by atoms with Crippen LogP contribution in [-0.4, -0.2) is 48.9 Å². The molecule has 0 saturated carbocycles. The number of halogens is 5. The molecule has 6 nitrogen and oxygen atoms in total. The van der Waals surface area contributed by atoms with Gasteiger partial charge in [-0.25, -0.2) is 17.6 Å². The molecular weight excluding hydrogens is 462 g/mol. The van der Waals surface area contributed by atoms with Crippen molar-refractivity contribution in [2.75, 3.05) is 37.9 Å². The van der Waals surface area contributed by atoms with E-state index in [4.69, 9.17) is 33.3 Å². The topological polar surface area (TPSA) is 54.0 Å². The second-order valence-corrected chi connectivity index (χ2v) is 7.48. The normalized spacial score (nSPS) is 15.3. The van der Waals surface area contributed by atoms with Crippen molar-refractivity contribution in [3.63, 3.8) is 0 Å². The fourth-order valence-corrected chi connectivity index (χ4v) is 3.73. The molecule has 31 heavy (non-hydrogen) atoms. The largest absolute Gasteiger partial charge is 0.454 e. The first-order valence-electron chi connectivity index (χ1n) is 9.04. The van der Waals surface area contributed by atoms with Crippen LogP contribution in [0.15, 0.2) is 18.2 Å². The molecular formula is C19H14ClF4N3O3S. The van der Waals surface area contributed by atoms with E-state index in [2.05, 4.69) is 5.32 Å². The Labute approximate surface area is 184 Å². The molecule has 0 radical (unpaired) electrons. The summed E-state index contributed by atoms with van der Waals surface area (Å²) in [4.78, 5) is 15.2. The molecule has 1 amide bonds. The number of hydrogen-bond acceptors (Lipinski definition) is 5. The van der Waals surface area contributed by atoms with Crippen LogP contribution in [0, 0.1) is 23.3 Å². The summed E-state index contributed by atoms with van der Waals surface area (Å²) in [6, 6.07) is 4.68. The predicted molar refractivity (Wildman–Crippen MR) is 108 cm³/mol. The van der Waals surface area contributed by atoms with E-state index in [1.54, 1.807) is 17.0 Å². The number of ether oxygens (including phenoxy) is 2. The molecule has 2 aliphatic heterocycles. The summed E-state index contributed by atoms with van der Waals surface area (Å²) in [7, 11) is 0. The number of nitrogens with one attached hydrogen (secondary N) is 1. The third-order valence-corrected chi connectivity index (χ3v) is 5.62. The first kappa shape index (κ1) is 21.4. The predicted octanol–water partition coefficient (Wildman–Crippen LogP) is 3.46. The molecule has 1 N–H and O–H groups in total. The lowest BCUT2D eigenvalue weighted by Gasteiger charge is -2.37. The molecule has 0 aromatic heterocycles. The van der Waals surface area contributed by atoms with Gasteiger partial charge in [-0.1, -0.05) is 11.6 Å². The van der Waals surface area contributed by atoms with Crippen LogP contribution in [-0.2, 0) is 0 Å². The molecule has 0 unspecified atom stereocenters. The number of hydrogen-bond donors (Lipinski definition) is 1. The number of anilines is 1. The van der Waals surface area contributed by atoms with Crippen molar-refractivity contribution in [1.82, 2.24) is 10.2 Å². The number of benzene rings is 2. The molecule has 0 aliphatic carbocycles. The highest BCUT2D eigenvalue weighted by Crippen LogP contribution is 2.34. The average Bonchev–Trinajstić information content (AvgIpc) is 3.25. The van der Waals surface area contributed by atoms with E-state index in [9.17, 15) is 22.4 Å². The monoisotopic (exact) mass is 475 g/mol. The van der Waals surface area contributed by atoms with Gasteiger partial charge in [-0.05, 0) is 30.4 Å². The van der Waals surface area contributed by atoms with Gasteiger partial charge < -0.3 is 19.3 Å². The van der Waals surface area contributed by atoms with Gasteiger partial charge >= 0.3 is 0 Å². The number of amides is 1. The van der Waals surface area contributed by atoms with Gasteiger partial charge in [-0.15, -0.1) is 0 Å². The molecule has 1 fully saturated rings. The molecule has 2 aromatic carbocycles. The summed E-state index contributed by atoms with van der Waals surface area (Å²) in [6.07, 6.45) is 0. The lowest BCUT2D eigenvalue weighted by atomic mass is 10.2. The third-order valence-electron chi connectivity index (χ3n) is 4.92. The van der Waals surface area contributed by atoms with Gasteiger partial charge in [0.2, 0.25) is 6.79 Å². The first-order chi connectivity index (χ1) is 14.8. The minimum atomic E-state index is -1.65. The van der Waals surface area contributed by atoms with Gasteiger partial charge in [0, 0.05) is 31.7 Å². The Hall–Kier alpha value is -2.79. The highest BCUT2D eigenvalue weighted by molar-refractivity contribution is 7.80. The SMILES string of the molecule is O=C(NC(=S)N1CCN(c2c(F)c(F)c(Cl)c(F)c2F)CC1)c1ccc2c(c1)OCO2. The number of carbonyl (C=O) groups excluding carboxylic acids is 1. The fourth-order valence-electron chi connectivity index (χ4n) is 3.29. The van der Waals surface area contributed by atoms with Gasteiger partial charge in [0.25, 0.3) is 5.91 Å². The van der Waals surface area contributed by atoms with Crippen molar-refractivity contribution in [2.45, 2.75) is 0 Å². The summed E-state index contributed by atoms with van der Waals surface area (Å²) in [6.45, 7) is 0.407. The molecule has 0 atom stereocenters.